The Morgan fingerprint density at radius 1 is 1.73 bits per heavy atom. The highest BCUT2D eigenvalue weighted by Gasteiger charge is 2.20. The standard InChI is InChI=1S/C9H15NO/c1-3-4-8-5-6-9(11)10-7(8)2/h8H,2-6H2,1H3,(H,10,11). The maximum absolute atomic E-state index is 10.9. The summed E-state index contributed by atoms with van der Waals surface area (Å²) in [5.74, 6) is 0.653. The minimum Gasteiger partial charge on any atom is -0.330 e. The summed E-state index contributed by atoms with van der Waals surface area (Å²) >= 11 is 0. The van der Waals surface area contributed by atoms with Gasteiger partial charge in [-0.05, 0) is 18.8 Å². The third-order valence-corrected chi connectivity index (χ3v) is 2.15. The Kier molecular flexibility index (Phi) is 2.69. The summed E-state index contributed by atoms with van der Waals surface area (Å²) in [4.78, 5) is 10.9. The van der Waals surface area contributed by atoms with Crippen molar-refractivity contribution in [3.8, 4) is 0 Å². The maximum Gasteiger partial charge on any atom is 0.224 e. The zero-order valence-corrected chi connectivity index (χ0v) is 7.02. The zero-order chi connectivity index (χ0) is 8.27. The molecule has 2 heteroatoms. The molecule has 1 aliphatic heterocycles. The minimum absolute atomic E-state index is 0.127. The summed E-state index contributed by atoms with van der Waals surface area (Å²) in [6, 6.07) is 0. The number of hydrogen-bond acceptors (Lipinski definition) is 1. The molecule has 1 rings (SSSR count). The highest BCUT2D eigenvalue weighted by molar-refractivity contribution is 5.78. The minimum atomic E-state index is 0.127. The fourth-order valence-electron chi connectivity index (χ4n) is 1.49. The number of amides is 1. The molecule has 1 heterocycles. The Morgan fingerprint density at radius 2 is 2.45 bits per heavy atom. The van der Waals surface area contributed by atoms with E-state index in [1.54, 1.807) is 0 Å². The molecule has 1 amide bonds. The molecule has 1 unspecified atom stereocenters. The zero-order valence-electron chi connectivity index (χ0n) is 7.02. The van der Waals surface area contributed by atoms with E-state index >= 15 is 0 Å². The second-order valence-corrected chi connectivity index (χ2v) is 3.10. The van der Waals surface area contributed by atoms with Crippen LogP contribution in [-0.2, 0) is 4.79 Å². The van der Waals surface area contributed by atoms with E-state index in [0.29, 0.717) is 12.3 Å². The average Bonchev–Trinajstić information content (AvgIpc) is 1.95. The first-order valence-corrected chi connectivity index (χ1v) is 4.22. The van der Waals surface area contributed by atoms with Gasteiger partial charge in [-0.3, -0.25) is 4.79 Å². The van der Waals surface area contributed by atoms with Crippen molar-refractivity contribution >= 4 is 5.91 Å². The summed E-state index contributed by atoms with van der Waals surface area (Å²) in [6.45, 7) is 5.99. The molecule has 0 aromatic heterocycles. The van der Waals surface area contributed by atoms with E-state index in [0.717, 1.165) is 18.5 Å². The third kappa shape index (κ3) is 2.07. The van der Waals surface area contributed by atoms with Crippen LogP contribution in [0.3, 0.4) is 0 Å². The van der Waals surface area contributed by atoms with Crippen molar-refractivity contribution in [1.29, 1.82) is 0 Å². The van der Waals surface area contributed by atoms with Crippen molar-refractivity contribution in [3.05, 3.63) is 12.3 Å². The average molecular weight is 153 g/mol. The number of carbonyl (C=O) groups excluding carboxylic acids is 1. The fourth-order valence-corrected chi connectivity index (χ4v) is 1.49. The van der Waals surface area contributed by atoms with Crippen molar-refractivity contribution in [2.45, 2.75) is 32.6 Å². The molecule has 1 N–H and O–H groups in total. The van der Waals surface area contributed by atoms with Crippen molar-refractivity contribution in [1.82, 2.24) is 5.32 Å². The lowest BCUT2D eigenvalue weighted by atomic mass is 9.92. The molecule has 0 aliphatic carbocycles. The lowest BCUT2D eigenvalue weighted by Gasteiger charge is -2.24. The number of nitrogens with one attached hydrogen (secondary N) is 1. The number of rotatable bonds is 2. The van der Waals surface area contributed by atoms with Gasteiger partial charge < -0.3 is 5.32 Å². The van der Waals surface area contributed by atoms with E-state index in [9.17, 15) is 4.79 Å². The number of piperidine rings is 1. The molecule has 1 fully saturated rings. The molecule has 62 valence electrons. The van der Waals surface area contributed by atoms with Gasteiger partial charge in [0.2, 0.25) is 5.91 Å². The predicted octanol–water partition coefficient (Wildman–Crippen LogP) is 1.83. The Balaban J connectivity index is 2.44. The monoisotopic (exact) mass is 153 g/mol. The number of hydrogen-bond donors (Lipinski definition) is 1. The highest BCUT2D eigenvalue weighted by atomic mass is 16.1. The molecular formula is C9H15NO. The number of allylic oxidation sites excluding steroid dienone is 1. The van der Waals surface area contributed by atoms with Crippen LogP contribution in [0.25, 0.3) is 0 Å². The normalized spacial score (nSPS) is 25.0. The van der Waals surface area contributed by atoms with Crippen LogP contribution in [0.4, 0.5) is 0 Å². The van der Waals surface area contributed by atoms with Crippen LogP contribution in [0, 0.1) is 5.92 Å². The summed E-state index contributed by atoms with van der Waals surface area (Å²) in [7, 11) is 0. The van der Waals surface area contributed by atoms with Crippen LogP contribution in [0.5, 0.6) is 0 Å². The Labute approximate surface area is 67.7 Å². The summed E-state index contributed by atoms with van der Waals surface area (Å²) < 4.78 is 0. The molecule has 2 nitrogen and oxygen atoms in total. The van der Waals surface area contributed by atoms with E-state index in [-0.39, 0.29) is 5.91 Å². The van der Waals surface area contributed by atoms with Gasteiger partial charge in [0.1, 0.15) is 0 Å². The number of carbonyl (C=O) groups is 1. The molecule has 0 aromatic rings. The quantitative estimate of drug-likeness (QED) is 0.644. The molecular weight excluding hydrogens is 138 g/mol. The van der Waals surface area contributed by atoms with Crippen molar-refractivity contribution in [3.63, 3.8) is 0 Å². The maximum atomic E-state index is 10.9. The van der Waals surface area contributed by atoms with Crippen LogP contribution in [0.2, 0.25) is 0 Å². The second-order valence-electron chi connectivity index (χ2n) is 3.10. The smallest absolute Gasteiger partial charge is 0.224 e. The van der Waals surface area contributed by atoms with Crippen LogP contribution in [0.1, 0.15) is 32.6 Å². The first kappa shape index (κ1) is 8.31. The van der Waals surface area contributed by atoms with E-state index < -0.39 is 0 Å². The summed E-state index contributed by atoms with van der Waals surface area (Å²) in [5, 5.41) is 2.78. The van der Waals surface area contributed by atoms with Crippen molar-refractivity contribution < 1.29 is 4.79 Å². The van der Waals surface area contributed by atoms with Gasteiger partial charge in [-0.15, -0.1) is 0 Å². The van der Waals surface area contributed by atoms with Gasteiger partial charge >= 0.3 is 0 Å². The molecule has 0 radical (unpaired) electrons. The van der Waals surface area contributed by atoms with Gasteiger partial charge in [0, 0.05) is 12.1 Å². The molecule has 0 saturated carbocycles. The lowest BCUT2D eigenvalue weighted by Crippen LogP contribution is -2.32. The highest BCUT2D eigenvalue weighted by Crippen LogP contribution is 2.23. The summed E-state index contributed by atoms with van der Waals surface area (Å²) in [5.41, 5.74) is 0.920. The van der Waals surface area contributed by atoms with Crippen LogP contribution in [-0.4, -0.2) is 5.91 Å². The molecule has 1 aliphatic rings. The van der Waals surface area contributed by atoms with Crippen LogP contribution in [0.15, 0.2) is 12.3 Å². The van der Waals surface area contributed by atoms with Gasteiger partial charge in [0.25, 0.3) is 0 Å². The van der Waals surface area contributed by atoms with Gasteiger partial charge in [0.05, 0.1) is 0 Å². The molecule has 1 saturated heterocycles. The van der Waals surface area contributed by atoms with Crippen LogP contribution >= 0.6 is 0 Å². The van der Waals surface area contributed by atoms with E-state index in [1.807, 2.05) is 0 Å². The van der Waals surface area contributed by atoms with Gasteiger partial charge in [0.15, 0.2) is 0 Å². The fraction of sp³-hybridized carbons (Fsp3) is 0.667. The Hall–Kier alpha value is -0.790. The van der Waals surface area contributed by atoms with Crippen molar-refractivity contribution in [2.75, 3.05) is 0 Å². The molecule has 0 bridgehead atoms. The second kappa shape index (κ2) is 3.56. The van der Waals surface area contributed by atoms with Gasteiger partial charge in [-0.1, -0.05) is 19.9 Å². The largest absolute Gasteiger partial charge is 0.330 e. The van der Waals surface area contributed by atoms with Gasteiger partial charge in [-0.25, -0.2) is 0 Å². The van der Waals surface area contributed by atoms with Gasteiger partial charge in [-0.2, -0.15) is 0 Å². The molecule has 1 atom stereocenters. The van der Waals surface area contributed by atoms with E-state index in [1.165, 1.54) is 6.42 Å². The summed E-state index contributed by atoms with van der Waals surface area (Å²) in [6.07, 6.45) is 3.97. The Morgan fingerprint density at radius 3 is 3.00 bits per heavy atom. The SMILES string of the molecule is C=C1NC(=O)CCC1CCC. The lowest BCUT2D eigenvalue weighted by molar-refractivity contribution is -0.121. The first-order chi connectivity index (χ1) is 5.24. The van der Waals surface area contributed by atoms with E-state index in [4.69, 9.17) is 0 Å². The first-order valence-electron chi connectivity index (χ1n) is 4.22. The van der Waals surface area contributed by atoms with Crippen LogP contribution < -0.4 is 5.32 Å². The van der Waals surface area contributed by atoms with Crippen molar-refractivity contribution in [2.24, 2.45) is 5.92 Å². The molecule has 0 spiro atoms. The third-order valence-electron chi connectivity index (χ3n) is 2.15. The molecule has 0 aromatic carbocycles. The topological polar surface area (TPSA) is 29.1 Å². The Bertz CT molecular complexity index is 174. The molecule has 11 heavy (non-hydrogen) atoms. The van der Waals surface area contributed by atoms with E-state index in [2.05, 4.69) is 18.8 Å². The predicted molar refractivity (Wildman–Crippen MR) is 44.9 cm³/mol.